The van der Waals surface area contributed by atoms with Crippen molar-refractivity contribution in [3.8, 4) is 5.75 Å². The predicted octanol–water partition coefficient (Wildman–Crippen LogP) is 3.04. The smallest absolute Gasteiger partial charge is 0.230 e. The molecule has 1 N–H and O–H groups in total. The van der Waals surface area contributed by atoms with Crippen molar-refractivity contribution < 1.29 is 14.3 Å². The van der Waals surface area contributed by atoms with Gasteiger partial charge in [0.15, 0.2) is 0 Å². The molecule has 138 valence electrons. The van der Waals surface area contributed by atoms with Gasteiger partial charge in [-0.25, -0.2) is 0 Å². The molecule has 25 heavy (non-hydrogen) atoms. The highest BCUT2D eigenvalue weighted by atomic mass is 16.5. The van der Waals surface area contributed by atoms with Gasteiger partial charge in [-0.1, -0.05) is 12.1 Å². The van der Waals surface area contributed by atoms with Gasteiger partial charge in [-0.2, -0.15) is 0 Å². The lowest BCUT2D eigenvalue weighted by molar-refractivity contribution is 0.0239. The van der Waals surface area contributed by atoms with Crippen LogP contribution in [0.5, 0.6) is 5.75 Å². The molecule has 6 nitrogen and oxygen atoms in total. The minimum atomic E-state index is -0.622. The Balaban J connectivity index is 1.96. The van der Waals surface area contributed by atoms with Gasteiger partial charge in [0.05, 0.1) is 6.54 Å². The van der Waals surface area contributed by atoms with Gasteiger partial charge in [-0.05, 0) is 51.8 Å². The second kappa shape index (κ2) is 7.97. The van der Waals surface area contributed by atoms with E-state index in [0.717, 1.165) is 16.9 Å². The number of β-amino-alcohol motifs (C(OH)–C–C–N with tert-alkyl or cyclic N) is 1. The molecule has 2 aromatic rings. The average Bonchev–Trinajstić information content (AvgIpc) is 2.92. The number of aromatic nitrogens is 2. The molecule has 0 aliphatic heterocycles. The molecule has 0 aliphatic rings. The van der Waals surface area contributed by atoms with E-state index in [1.807, 2.05) is 32.0 Å². The first-order chi connectivity index (χ1) is 11.6. The Bertz CT molecular complexity index is 691. The van der Waals surface area contributed by atoms with Crippen molar-refractivity contribution in [2.45, 2.75) is 59.7 Å². The number of rotatable bonds is 7. The highest BCUT2D eigenvalue weighted by molar-refractivity contribution is 5.35. The Labute approximate surface area is 149 Å². The molecule has 0 spiro atoms. The quantitative estimate of drug-likeness (QED) is 0.830. The van der Waals surface area contributed by atoms with Crippen LogP contribution in [0.15, 0.2) is 22.6 Å². The second-order valence-corrected chi connectivity index (χ2v) is 7.50. The Kier molecular flexibility index (Phi) is 6.19. The van der Waals surface area contributed by atoms with E-state index in [4.69, 9.17) is 9.15 Å². The number of aliphatic hydroxyl groups excluding tert-OH is 1. The number of ether oxygens (including phenoxy) is 1. The fourth-order valence-electron chi connectivity index (χ4n) is 2.50. The first-order valence-electron chi connectivity index (χ1n) is 8.57. The summed E-state index contributed by atoms with van der Waals surface area (Å²) in [6.45, 7) is 13.2. The van der Waals surface area contributed by atoms with Crippen molar-refractivity contribution >= 4 is 0 Å². The lowest BCUT2D eigenvalue weighted by Crippen LogP contribution is -2.46. The van der Waals surface area contributed by atoms with E-state index in [2.05, 4.69) is 35.9 Å². The first kappa shape index (κ1) is 19.4. The maximum atomic E-state index is 10.5. The summed E-state index contributed by atoms with van der Waals surface area (Å²) in [4.78, 5) is 2.11. The summed E-state index contributed by atoms with van der Waals surface area (Å²) in [5.41, 5.74) is 2.05. The maximum Gasteiger partial charge on any atom is 0.230 e. The van der Waals surface area contributed by atoms with E-state index in [-0.39, 0.29) is 12.1 Å². The van der Waals surface area contributed by atoms with Crippen molar-refractivity contribution in [2.24, 2.45) is 0 Å². The van der Waals surface area contributed by atoms with Crippen LogP contribution in [0.2, 0.25) is 0 Å². The zero-order valence-corrected chi connectivity index (χ0v) is 16.0. The molecular weight excluding hydrogens is 318 g/mol. The second-order valence-electron chi connectivity index (χ2n) is 7.50. The number of nitrogens with zero attached hydrogens (tertiary/aromatic N) is 3. The average molecular weight is 347 g/mol. The summed E-state index contributed by atoms with van der Waals surface area (Å²) in [7, 11) is 0. The molecular formula is C19H29N3O3. The maximum absolute atomic E-state index is 10.5. The fourth-order valence-corrected chi connectivity index (χ4v) is 2.50. The third-order valence-electron chi connectivity index (χ3n) is 4.05. The minimum Gasteiger partial charge on any atom is -0.491 e. The summed E-state index contributed by atoms with van der Waals surface area (Å²) in [5, 5.41) is 18.4. The summed E-state index contributed by atoms with van der Waals surface area (Å²) in [6, 6.07) is 6.06. The van der Waals surface area contributed by atoms with Gasteiger partial charge in [-0.3, -0.25) is 4.90 Å². The van der Waals surface area contributed by atoms with E-state index in [0.29, 0.717) is 24.9 Å². The van der Waals surface area contributed by atoms with Crippen LogP contribution in [0.25, 0.3) is 0 Å². The molecule has 0 bridgehead atoms. The molecule has 1 atom stereocenters. The van der Waals surface area contributed by atoms with E-state index >= 15 is 0 Å². The SMILES string of the molecule is Cc1ccc(C)c(OCC(O)CN(Cc2nnc(C)o2)C(C)(C)C)c1. The van der Waals surface area contributed by atoms with Crippen molar-refractivity contribution in [1.82, 2.24) is 15.1 Å². The molecule has 0 saturated carbocycles. The van der Waals surface area contributed by atoms with E-state index in [1.54, 1.807) is 6.92 Å². The number of hydrogen-bond donors (Lipinski definition) is 1. The summed E-state index contributed by atoms with van der Waals surface area (Å²) in [6.07, 6.45) is -0.622. The summed E-state index contributed by atoms with van der Waals surface area (Å²) >= 11 is 0. The Morgan fingerprint density at radius 3 is 2.52 bits per heavy atom. The van der Waals surface area contributed by atoms with Crippen LogP contribution in [-0.4, -0.2) is 45.0 Å². The van der Waals surface area contributed by atoms with Crippen LogP contribution < -0.4 is 4.74 Å². The standard InChI is InChI=1S/C19H29N3O3/c1-13-7-8-14(2)17(9-13)24-12-16(23)10-22(19(4,5)6)11-18-21-20-15(3)25-18/h7-9,16,23H,10-12H2,1-6H3. The molecule has 1 aromatic carbocycles. The number of aliphatic hydroxyl groups is 1. The zero-order valence-electron chi connectivity index (χ0n) is 16.0. The van der Waals surface area contributed by atoms with E-state index < -0.39 is 6.10 Å². The topological polar surface area (TPSA) is 71.6 Å². The molecule has 1 aromatic heterocycles. The third kappa shape index (κ3) is 5.83. The molecule has 0 aliphatic carbocycles. The van der Waals surface area contributed by atoms with E-state index in [9.17, 15) is 5.11 Å². The summed E-state index contributed by atoms with van der Waals surface area (Å²) in [5.74, 6) is 1.91. The largest absolute Gasteiger partial charge is 0.491 e. The van der Waals surface area contributed by atoms with Crippen LogP contribution >= 0.6 is 0 Å². The normalized spacial score (nSPS) is 13.3. The zero-order chi connectivity index (χ0) is 18.6. The molecule has 2 rings (SSSR count). The van der Waals surface area contributed by atoms with Crippen LogP contribution in [0, 0.1) is 20.8 Å². The Morgan fingerprint density at radius 2 is 1.92 bits per heavy atom. The van der Waals surface area contributed by atoms with Crippen LogP contribution in [0.4, 0.5) is 0 Å². The van der Waals surface area contributed by atoms with Gasteiger partial charge < -0.3 is 14.3 Å². The highest BCUT2D eigenvalue weighted by Gasteiger charge is 2.26. The predicted molar refractivity (Wildman–Crippen MR) is 96.6 cm³/mol. The van der Waals surface area contributed by atoms with Crippen LogP contribution in [0.1, 0.15) is 43.7 Å². The number of hydrogen-bond acceptors (Lipinski definition) is 6. The van der Waals surface area contributed by atoms with Crippen molar-refractivity contribution in [3.63, 3.8) is 0 Å². The Morgan fingerprint density at radius 1 is 1.20 bits per heavy atom. The highest BCUT2D eigenvalue weighted by Crippen LogP contribution is 2.20. The first-order valence-corrected chi connectivity index (χ1v) is 8.57. The van der Waals surface area contributed by atoms with Gasteiger partial charge in [0, 0.05) is 19.0 Å². The number of aryl methyl sites for hydroxylation is 3. The molecule has 6 heteroatoms. The van der Waals surface area contributed by atoms with Gasteiger partial charge in [-0.15, -0.1) is 10.2 Å². The molecule has 0 radical (unpaired) electrons. The summed E-state index contributed by atoms with van der Waals surface area (Å²) < 4.78 is 11.3. The monoisotopic (exact) mass is 347 g/mol. The van der Waals surface area contributed by atoms with E-state index in [1.165, 1.54) is 0 Å². The van der Waals surface area contributed by atoms with Crippen molar-refractivity contribution in [3.05, 3.63) is 41.1 Å². The Hall–Kier alpha value is -1.92. The molecule has 0 fully saturated rings. The fraction of sp³-hybridized carbons (Fsp3) is 0.579. The lowest BCUT2D eigenvalue weighted by Gasteiger charge is -2.35. The number of benzene rings is 1. The third-order valence-corrected chi connectivity index (χ3v) is 4.05. The van der Waals surface area contributed by atoms with Gasteiger partial charge in [0.1, 0.15) is 18.5 Å². The molecule has 1 heterocycles. The van der Waals surface area contributed by atoms with Gasteiger partial charge >= 0.3 is 0 Å². The molecule has 1 unspecified atom stereocenters. The lowest BCUT2D eigenvalue weighted by atomic mass is 10.1. The van der Waals surface area contributed by atoms with Crippen molar-refractivity contribution in [2.75, 3.05) is 13.2 Å². The molecule has 0 amide bonds. The minimum absolute atomic E-state index is 0.150. The van der Waals surface area contributed by atoms with Crippen LogP contribution in [-0.2, 0) is 6.54 Å². The van der Waals surface area contributed by atoms with Gasteiger partial charge in [0.25, 0.3) is 0 Å². The van der Waals surface area contributed by atoms with Crippen molar-refractivity contribution in [1.29, 1.82) is 0 Å². The molecule has 0 saturated heterocycles. The van der Waals surface area contributed by atoms with Crippen LogP contribution in [0.3, 0.4) is 0 Å². The van der Waals surface area contributed by atoms with Gasteiger partial charge in [0.2, 0.25) is 11.8 Å².